The van der Waals surface area contributed by atoms with Gasteiger partial charge in [0, 0.05) is 8.95 Å². The van der Waals surface area contributed by atoms with Crippen molar-refractivity contribution in [1.82, 2.24) is 0 Å². The molecule has 16 heavy (non-hydrogen) atoms. The van der Waals surface area contributed by atoms with Crippen molar-refractivity contribution in [3.63, 3.8) is 0 Å². The molecule has 0 saturated heterocycles. The highest BCUT2D eigenvalue weighted by molar-refractivity contribution is 14.1. The Bertz CT molecular complexity index is 521. The summed E-state index contributed by atoms with van der Waals surface area (Å²) < 4.78 is 1.04. The number of hydrogen-bond donors (Lipinski definition) is 1. The lowest BCUT2D eigenvalue weighted by molar-refractivity contribution is 0.102. The van der Waals surface area contributed by atoms with Gasteiger partial charge in [0.25, 0.3) is 5.91 Å². The predicted octanol–water partition coefficient (Wildman–Crippen LogP) is 3.91. The van der Waals surface area contributed by atoms with Crippen molar-refractivity contribution >= 4 is 45.5 Å². The van der Waals surface area contributed by atoms with Crippen LogP contribution in [0, 0.1) is 10.5 Å². The first kappa shape index (κ1) is 11.6. The fraction of sp³-hybridized carbons (Fsp3) is 0.0833. The molecule has 0 saturated carbocycles. The third-order valence-electron chi connectivity index (χ3n) is 2.22. The lowest BCUT2D eigenvalue weighted by Crippen LogP contribution is -2.12. The minimum Gasteiger partial charge on any atom is -0.321 e. The summed E-state index contributed by atoms with van der Waals surface area (Å²) >= 11 is 3.75. The monoisotopic (exact) mass is 343 g/mol. The molecule has 2 rings (SSSR count). The van der Waals surface area contributed by atoms with E-state index in [0.29, 0.717) is 0 Å². The number of nitrogens with one attached hydrogen (secondary N) is 1. The van der Waals surface area contributed by atoms with E-state index in [1.807, 2.05) is 41.9 Å². The van der Waals surface area contributed by atoms with Gasteiger partial charge in [-0.05, 0) is 52.6 Å². The molecule has 2 aromatic rings. The van der Waals surface area contributed by atoms with Gasteiger partial charge in [-0.15, -0.1) is 0 Å². The molecule has 1 N–H and O–H groups in total. The molecule has 1 amide bonds. The summed E-state index contributed by atoms with van der Waals surface area (Å²) in [5, 5.41) is 6.77. The van der Waals surface area contributed by atoms with Crippen LogP contribution in [0.25, 0.3) is 0 Å². The van der Waals surface area contributed by atoms with Crippen LogP contribution in [0.1, 0.15) is 15.9 Å². The van der Waals surface area contributed by atoms with Crippen LogP contribution in [0.15, 0.2) is 35.0 Å². The first-order valence-corrected chi connectivity index (χ1v) is 6.79. The molecule has 0 fully saturated rings. The fourth-order valence-electron chi connectivity index (χ4n) is 1.35. The number of rotatable bonds is 2. The first-order valence-electron chi connectivity index (χ1n) is 4.77. The summed E-state index contributed by atoms with van der Waals surface area (Å²) in [4.78, 5) is 11.9. The normalized spacial score (nSPS) is 10.1. The van der Waals surface area contributed by atoms with E-state index >= 15 is 0 Å². The van der Waals surface area contributed by atoms with E-state index in [-0.39, 0.29) is 5.91 Å². The number of carbonyl (C=O) groups excluding carboxylic acids is 1. The average Bonchev–Trinajstić information content (AvgIpc) is 2.68. The first-order chi connectivity index (χ1) is 7.68. The van der Waals surface area contributed by atoms with Crippen LogP contribution >= 0.6 is 33.9 Å². The van der Waals surface area contributed by atoms with Crippen LogP contribution in [0.2, 0.25) is 0 Å². The van der Waals surface area contributed by atoms with E-state index in [4.69, 9.17) is 0 Å². The molecule has 0 bridgehead atoms. The molecule has 82 valence electrons. The van der Waals surface area contributed by atoms with Crippen molar-refractivity contribution in [2.45, 2.75) is 6.92 Å². The Hall–Kier alpha value is -0.880. The summed E-state index contributed by atoms with van der Waals surface area (Å²) in [5.41, 5.74) is 2.64. The number of hydrogen-bond acceptors (Lipinski definition) is 2. The van der Waals surface area contributed by atoms with Crippen molar-refractivity contribution in [1.29, 1.82) is 0 Å². The largest absolute Gasteiger partial charge is 0.321 e. The Morgan fingerprint density at radius 3 is 2.69 bits per heavy atom. The zero-order valence-corrected chi connectivity index (χ0v) is 11.6. The quantitative estimate of drug-likeness (QED) is 0.823. The topological polar surface area (TPSA) is 29.1 Å². The summed E-state index contributed by atoms with van der Waals surface area (Å²) in [5.74, 6) is -0.0390. The third kappa shape index (κ3) is 2.44. The van der Waals surface area contributed by atoms with Crippen molar-refractivity contribution in [2.24, 2.45) is 0 Å². The minimum atomic E-state index is -0.0390. The van der Waals surface area contributed by atoms with Gasteiger partial charge in [0.2, 0.25) is 0 Å². The van der Waals surface area contributed by atoms with E-state index in [9.17, 15) is 4.79 Å². The zero-order chi connectivity index (χ0) is 11.5. The van der Waals surface area contributed by atoms with Crippen molar-refractivity contribution < 1.29 is 4.79 Å². The lowest BCUT2D eigenvalue weighted by Gasteiger charge is -2.06. The number of aryl methyl sites for hydroxylation is 1. The number of anilines is 1. The van der Waals surface area contributed by atoms with Gasteiger partial charge in [0.1, 0.15) is 0 Å². The van der Waals surface area contributed by atoms with Crippen LogP contribution in [0.5, 0.6) is 0 Å². The highest BCUT2D eigenvalue weighted by Gasteiger charge is 2.10. The molecule has 0 radical (unpaired) electrons. The summed E-state index contributed by atoms with van der Waals surface area (Å²) in [6.45, 7) is 1.95. The molecule has 4 heteroatoms. The van der Waals surface area contributed by atoms with Crippen molar-refractivity contribution in [2.75, 3.05) is 5.32 Å². The van der Waals surface area contributed by atoms with E-state index in [1.165, 1.54) is 0 Å². The SMILES string of the molecule is Cc1cscc1C(=O)Nc1ccccc1I. The van der Waals surface area contributed by atoms with E-state index in [2.05, 4.69) is 27.9 Å². The molecule has 0 atom stereocenters. The van der Waals surface area contributed by atoms with Crippen LogP contribution in [0.4, 0.5) is 5.69 Å². The maximum atomic E-state index is 11.9. The van der Waals surface area contributed by atoms with Gasteiger partial charge < -0.3 is 5.32 Å². The second-order valence-electron chi connectivity index (χ2n) is 3.40. The summed E-state index contributed by atoms with van der Waals surface area (Å²) in [6.07, 6.45) is 0. The van der Waals surface area contributed by atoms with Gasteiger partial charge in [0.05, 0.1) is 11.3 Å². The lowest BCUT2D eigenvalue weighted by atomic mass is 10.2. The number of thiophene rings is 1. The van der Waals surface area contributed by atoms with E-state index in [1.54, 1.807) is 11.3 Å². The molecule has 1 aromatic carbocycles. The van der Waals surface area contributed by atoms with Gasteiger partial charge in [0.15, 0.2) is 0 Å². The number of amides is 1. The standard InChI is InChI=1S/C12H10INOS/c1-8-6-16-7-9(8)12(15)14-11-5-3-2-4-10(11)13/h2-7H,1H3,(H,14,15). The Morgan fingerprint density at radius 2 is 2.06 bits per heavy atom. The van der Waals surface area contributed by atoms with Gasteiger partial charge in [-0.2, -0.15) is 11.3 Å². The van der Waals surface area contributed by atoms with Crippen LogP contribution in [-0.2, 0) is 0 Å². The number of para-hydroxylation sites is 1. The van der Waals surface area contributed by atoms with Crippen molar-refractivity contribution in [3.8, 4) is 0 Å². The van der Waals surface area contributed by atoms with Gasteiger partial charge in [-0.25, -0.2) is 0 Å². The Balaban J connectivity index is 2.21. The van der Waals surface area contributed by atoms with Crippen LogP contribution in [0.3, 0.4) is 0 Å². The molecule has 1 aromatic heterocycles. The molecular weight excluding hydrogens is 333 g/mol. The highest BCUT2D eigenvalue weighted by atomic mass is 127. The smallest absolute Gasteiger partial charge is 0.256 e. The number of carbonyl (C=O) groups is 1. The van der Waals surface area contributed by atoms with Crippen molar-refractivity contribution in [3.05, 3.63) is 49.7 Å². The molecule has 0 aliphatic heterocycles. The number of benzene rings is 1. The summed E-state index contributed by atoms with van der Waals surface area (Å²) in [7, 11) is 0. The maximum Gasteiger partial charge on any atom is 0.256 e. The molecule has 0 spiro atoms. The average molecular weight is 343 g/mol. The predicted molar refractivity (Wildman–Crippen MR) is 76.2 cm³/mol. The second kappa shape index (κ2) is 4.97. The van der Waals surface area contributed by atoms with Gasteiger partial charge in [-0.1, -0.05) is 12.1 Å². The second-order valence-corrected chi connectivity index (χ2v) is 5.31. The fourth-order valence-corrected chi connectivity index (χ4v) is 2.70. The minimum absolute atomic E-state index is 0.0390. The number of halogens is 1. The Labute approximate surface area is 112 Å². The molecule has 0 aliphatic carbocycles. The van der Waals surface area contributed by atoms with Crippen LogP contribution < -0.4 is 5.32 Å². The van der Waals surface area contributed by atoms with Gasteiger partial charge >= 0.3 is 0 Å². The highest BCUT2D eigenvalue weighted by Crippen LogP contribution is 2.20. The molecule has 2 nitrogen and oxygen atoms in total. The Morgan fingerprint density at radius 1 is 1.31 bits per heavy atom. The maximum absolute atomic E-state index is 11.9. The summed E-state index contributed by atoms with van der Waals surface area (Å²) in [6, 6.07) is 7.74. The van der Waals surface area contributed by atoms with Gasteiger partial charge in [-0.3, -0.25) is 4.79 Å². The molecule has 0 aliphatic rings. The zero-order valence-electron chi connectivity index (χ0n) is 8.66. The third-order valence-corrected chi connectivity index (χ3v) is 4.02. The molecule has 0 unspecified atom stereocenters. The van der Waals surface area contributed by atoms with E-state index in [0.717, 1.165) is 20.4 Å². The molecule has 1 heterocycles. The van der Waals surface area contributed by atoms with Crippen LogP contribution in [-0.4, -0.2) is 5.91 Å². The van der Waals surface area contributed by atoms with E-state index < -0.39 is 0 Å². The molecular formula is C12H10INOS. The Kier molecular flexibility index (Phi) is 3.60.